The van der Waals surface area contributed by atoms with Crippen molar-refractivity contribution in [1.29, 1.82) is 0 Å². The highest BCUT2D eigenvalue weighted by Crippen LogP contribution is 2.29. The van der Waals surface area contributed by atoms with E-state index in [1.54, 1.807) is 0 Å². The van der Waals surface area contributed by atoms with Gasteiger partial charge in [0.1, 0.15) is 0 Å². The molecule has 0 aromatic heterocycles. The van der Waals surface area contributed by atoms with E-state index < -0.39 is 0 Å². The minimum Gasteiger partial charge on any atom is -0.379 e. The normalized spacial score (nSPS) is 35.0. The summed E-state index contributed by atoms with van der Waals surface area (Å²) in [5, 5.41) is 0.208. The average molecular weight is 170 g/mol. The van der Waals surface area contributed by atoms with E-state index in [1.165, 1.54) is 19.3 Å². The Morgan fingerprint density at radius 3 is 2.82 bits per heavy atom. The summed E-state index contributed by atoms with van der Waals surface area (Å²) < 4.78 is 5.81. The fourth-order valence-electron chi connectivity index (χ4n) is 1.56. The molecule has 1 fully saturated rings. The third-order valence-corrected chi connectivity index (χ3v) is 4.52. The van der Waals surface area contributed by atoms with Crippen LogP contribution in [0, 0.1) is 5.92 Å². The van der Waals surface area contributed by atoms with Gasteiger partial charge in [-0.3, -0.25) is 0 Å². The summed E-state index contributed by atoms with van der Waals surface area (Å²) in [6, 6.07) is 0. The topological polar surface area (TPSA) is 9.23 Å². The molecule has 0 spiro atoms. The summed E-state index contributed by atoms with van der Waals surface area (Å²) in [6.07, 6.45) is 5.85. The van der Waals surface area contributed by atoms with Gasteiger partial charge in [-0.25, -0.2) is 0 Å². The zero-order chi connectivity index (χ0) is 8.32. The Hall–Kier alpha value is -0.0831. The second kappa shape index (κ2) is 3.54. The molecular formula is C9H18OSi. The van der Waals surface area contributed by atoms with E-state index in [0.29, 0.717) is 5.92 Å². The molecule has 64 valence electrons. The Morgan fingerprint density at radius 2 is 2.36 bits per heavy atom. The zero-order valence-corrected chi connectivity index (χ0v) is 9.60. The first kappa shape index (κ1) is 9.01. The van der Waals surface area contributed by atoms with Crippen molar-refractivity contribution in [3.05, 3.63) is 12.7 Å². The van der Waals surface area contributed by atoms with Gasteiger partial charge in [-0.1, -0.05) is 13.0 Å². The van der Waals surface area contributed by atoms with Crippen molar-refractivity contribution in [2.24, 2.45) is 5.92 Å². The van der Waals surface area contributed by atoms with Gasteiger partial charge in [0.15, 0.2) is 0 Å². The molecule has 1 heterocycles. The molecule has 0 N–H and O–H groups in total. The number of hydrogen-bond acceptors (Lipinski definition) is 1. The molecule has 0 aromatic carbocycles. The van der Waals surface area contributed by atoms with Crippen LogP contribution in [0.3, 0.4) is 0 Å². The highest BCUT2D eigenvalue weighted by atomic mass is 28.1. The summed E-state index contributed by atoms with van der Waals surface area (Å²) >= 11 is 0. The molecule has 0 saturated carbocycles. The van der Waals surface area contributed by atoms with E-state index in [9.17, 15) is 0 Å². The highest BCUT2D eigenvalue weighted by molar-refractivity contribution is 6.14. The Labute approximate surface area is 72.2 Å². The van der Waals surface area contributed by atoms with Crippen molar-refractivity contribution in [2.45, 2.75) is 31.4 Å². The predicted molar refractivity (Wildman–Crippen MR) is 51.8 cm³/mol. The van der Waals surface area contributed by atoms with Crippen molar-refractivity contribution < 1.29 is 4.74 Å². The quantitative estimate of drug-likeness (QED) is 0.445. The van der Waals surface area contributed by atoms with Gasteiger partial charge < -0.3 is 4.74 Å². The van der Waals surface area contributed by atoms with Gasteiger partial charge in [0, 0.05) is 16.8 Å². The molecular weight excluding hydrogens is 152 g/mol. The van der Waals surface area contributed by atoms with Crippen LogP contribution in [-0.4, -0.2) is 22.1 Å². The standard InChI is InChI=1S/C9H18OSi/c1-3-8(2)9(11)6-4-5-7-10-9/h3,8H,1,4-7H2,2,11H3. The molecule has 0 aliphatic carbocycles. The van der Waals surface area contributed by atoms with Gasteiger partial charge in [0.05, 0.1) is 5.22 Å². The van der Waals surface area contributed by atoms with Crippen LogP contribution in [0.15, 0.2) is 12.7 Å². The molecule has 1 nitrogen and oxygen atoms in total. The van der Waals surface area contributed by atoms with Crippen molar-refractivity contribution in [1.82, 2.24) is 0 Å². The minimum atomic E-state index is 0.208. The van der Waals surface area contributed by atoms with Gasteiger partial charge in [-0.2, -0.15) is 0 Å². The lowest BCUT2D eigenvalue weighted by Crippen LogP contribution is -2.42. The number of hydrogen-bond donors (Lipinski definition) is 0. The van der Waals surface area contributed by atoms with E-state index in [1.807, 2.05) is 6.08 Å². The SMILES string of the molecule is C=CC(C)C1([SiH3])CCCCO1. The van der Waals surface area contributed by atoms with Crippen LogP contribution >= 0.6 is 0 Å². The van der Waals surface area contributed by atoms with Crippen LogP contribution in [0.25, 0.3) is 0 Å². The third-order valence-electron chi connectivity index (χ3n) is 2.82. The molecule has 0 bridgehead atoms. The lowest BCUT2D eigenvalue weighted by Gasteiger charge is -2.37. The Morgan fingerprint density at radius 1 is 1.64 bits per heavy atom. The maximum Gasteiger partial charge on any atom is 0.0543 e. The second-order valence-electron chi connectivity index (χ2n) is 3.64. The van der Waals surface area contributed by atoms with Gasteiger partial charge in [0.2, 0.25) is 0 Å². The number of rotatable bonds is 2. The van der Waals surface area contributed by atoms with Crippen molar-refractivity contribution >= 4 is 10.2 Å². The van der Waals surface area contributed by atoms with Crippen LogP contribution < -0.4 is 0 Å². The van der Waals surface area contributed by atoms with Crippen LogP contribution in [0.1, 0.15) is 26.2 Å². The lowest BCUT2D eigenvalue weighted by molar-refractivity contribution is -0.0394. The lowest BCUT2D eigenvalue weighted by atomic mass is 9.96. The molecule has 1 saturated heterocycles. The Kier molecular flexibility index (Phi) is 2.90. The summed E-state index contributed by atoms with van der Waals surface area (Å²) in [5.41, 5.74) is 0. The smallest absolute Gasteiger partial charge is 0.0543 e. The molecule has 2 unspecified atom stereocenters. The van der Waals surface area contributed by atoms with E-state index in [2.05, 4.69) is 13.5 Å². The van der Waals surface area contributed by atoms with Gasteiger partial charge >= 0.3 is 0 Å². The molecule has 0 radical (unpaired) electrons. The summed E-state index contributed by atoms with van der Waals surface area (Å²) in [6.45, 7) is 7.00. The van der Waals surface area contributed by atoms with Crippen molar-refractivity contribution in [3.63, 3.8) is 0 Å². The number of ether oxygens (including phenoxy) is 1. The molecule has 1 rings (SSSR count). The van der Waals surface area contributed by atoms with E-state index >= 15 is 0 Å². The van der Waals surface area contributed by atoms with E-state index in [0.717, 1.165) is 16.8 Å². The fraction of sp³-hybridized carbons (Fsp3) is 0.778. The maximum atomic E-state index is 5.81. The largest absolute Gasteiger partial charge is 0.379 e. The van der Waals surface area contributed by atoms with Crippen LogP contribution in [-0.2, 0) is 4.74 Å². The van der Waals surface area contributed by atoms with Crippen molar-refractivity contribution in [3.8, 4) is 0 Å². The van der Waals surface area contributed by atoms with Crippen LogP contribution in [0.2, 0.25) is 0 Å². The predicted octanol–water partition coefficient (Wildman–Crippen LogP) is 1.07. The Balaban J connectivity index is 2.55. The Bertz CT molecular complexity index is 138. The molecule has 2 atom stereocenters. The summed E-state index contributed by atoms with van der Waals surface area (Å²) in [5.74, 6) is 0.537. The van der Waals surface area contributed by atoms with Crippen molar-refractivity contribution in [2.75, 3.05) is 6.61 Å². The average Bonchev–Trinajstić information content (AvgIpc) is 2.04. The van der Waals surface area contributed by atoms with E-state index in [4.69, 9.17) is 4.74 Å². The molecule has 1 aliphatic rings. The molecule has 0 aromatic rings. The third kappa shape index (κ3) is 1.94. The first-order chi connectivity index (χ1) is 5.19. The van der Waals surface area contributed by atoms with Crippen LogP contribution in [0.4, 0.5) is 0 Å². The summed E-state index contributed by atoms with van der Waals surface area (Å²) in [7, 11) is 1.13. The van der Waals surface area contributed by atoms with E-state index in [-0.39, 0.29) is 5.22 Å². The van der Waals surface area contributed by atoms with Gasteiger partial charge in [0.25, 0.3) is 0 Å². The first-order valence-corrected chi connectivity index (χ1v) is 5.45. The minimum absolute atomic E-state index is 0.208. The first-order valence-electron chi connectivity index (χ1n) is 4.45. The van der Waals surface area contributed by atoms with Gasteiger partial charge in [-0.15, -0.1) is 6.58 Å². The molecule has 2 heteroatoms. The highest BCUT2D eigenvalue weighted by Gasteiger charge is 2.31. The van der Waals surface area contributed by atoms with Crippen LogP contribution in [0.5, 0.6) is 0 Å². The molecule has 0 amide bonds. The zero-order valence-electron chi connectivity index (χ0n) is 7.60. The maximum absolute atomic E-state index is 5.81. The summed E-state index contributed by atoms with van der Waals surface area (Å²) in [4.78, 5) is 0. The molecule has 1 aliphatic heterocycles. The second-order valence-corrected chi connectivity index (χ2v) is 5.34. The monoisotopic (exact) mass is 170 g/mol. The van der Waals surface area contributed by atoms with Gasteiger partial charge in [-0.05, 0) is 25.2 Å². The molecule has 11 heavy (non-hydrogen) atoms. The fourth-order valence-corrected chi connectivity index (χ4v) is 2.36.